The van der Waals surface area contributed by atoms with Crippen molar-refractivity contribution in [2.24, 2.45) is 0 Å². The highest BCUT2D eigenvalue weighted by Gasteiger charge is 2.11. The fourth-order valence-corrected chi connectivity index (χ4v) is 2.19. The van der Waals surface area contributed by atoms with E-state index in [4.69, 9.17) is 9.47 Å². The first-order valence-electron chi connectivity index (χ1n) is 6.79. The van der Waals surface area contributed by atoms with Crippen LogP contribution in [0.3, 0.4) is 0 Å². The first kappa shape index (κ1) is 15.2. The number of anilines is 1. The van der Waals surface area contributed by atoms with E-state index in [1.807, 2.05) is 32.0 Å². The van der Waals surface area contributed by atoms with Gasteiger partial charge in [-0.1, -0.05) is 12.1 Å². The molecule has 0 aliphatic rings. The van der Waals surface area contributed by atoms with Crippen LogP contribution in [-0.4, -0.2) is 14.2 Å². The molecule has 4 heteroatoms. The average Bonchev–Trinajstić information content (AvgIpc) is 2.50. The van der Waals surface area contributed by atoms with Gasteiger partial charge in [-0.25, -0.2) is 4.39 Å². The Labute approximate surface area is 124 Å². The molecular weight excluding hydrogens is 269 g/mol. The Kier molecular flexibility index (Phi) is 4.68. The number of methoxy groups -OCH3 is 2. The lowest BCUT2D eigenvalue weighted by Crippen LogP contribution is -2.08. The Balaban J connectivity index is 2.24. The minimum atomic E-state index is -0.248. The fraction of sp³-hybridized carbons (Fsp3) is 0.294. The maximum absolute atomic E-state index is 13.3. The lowest BCUT2D eigenvalue weighted by molar-refractivity contribution is 0.354. The van der Waals surface area contributed by atoms with Gasteiger partial charge in [0.25, 0.3) is 0 Å². The van der Waals surface area contributed by atoms with Gasteiger partial charge in [-0.2, -0.15) is 0 Å². The predicted molar refractivity (Wildman–Crippen MR) is 82.7 cm³/mol. The van der Waals surface area contributed by atoms with Crippen LogP contribution >= 0.6 is 0 Å². The van der Waals surface area contributed by atoms with Crippen LogP contribution in [0.15, 0.2) is 36.4 Å². The van der Waals surface area contributed by atoms with E-state index < -0.39 is 0 Å². The normalized spacial score (nSPS) is 11.9. The molecule has 112 valence electrons. The largest absolute Gasteiger partial charge is 0.493 e. The smallest absolute Gasteiger partial charge is 0.161 e. The van der Waals surface area contributed by atoms with Crippen LogP contribution in [0.5, 0.6) is 11.5 Å². The molecule has 0 heterocycles. The van der Waals surface area contributed by atoms with Crippen molar-refractivity contribution < 1.29 is 13.9 Å². The van der Waals surface area contributed by atoms with Crippen LogP contribution in [0.2, 0.25) is 0 Å². The molecule has 21 heavy (non-hydrogen) atoms. The quantitative estimate of drug-likeness (QED) is 0.889. The molecule has 0 aromatic heterocycles. The van der Waals surface area contributed by atoms with Crippen LogP contribution in [-0.2, 0) is 0 Å². The molecule has 2 aromatic carbocycles. The predicted octanol–water partition coefficient (Wildman–Crippen LogP) is 4.32. The number of halogens is 1. The van der Waals surface area contributed by atoms with Crippen molar-refractivity contribution in [2.75, 3.05) is 19.5 Å². The molecule has 1 unspecified atom stereocenters. The number of rotatable bonds is 5. The van der Waals surface area contributed by atoms with Gasteiger partial charge in [-0.05, 0) is 49.2 Å². The van der Waals surface area contributed by atoms with Gasteiger partial charge in [0, 0.05) is 11.7 Å². The van der Waals surface area contributed by atoms with Gasteiger partial charge < -0.3 is 14.8 Å². The molecule has 0 aliphatic heterocycles. The summed E-state index contributed by atoms with van der Waals surface area (Å²) in [7, 11) is 3.21. The van der Waals surface area contributed by atoms with E-state index in [0.29, 0.717) is 11.5 Å². The van der Waals surface area contributed by atoms with Gasteiger partial charge in [0.15, 0.2) is 11.5 Å². The van der Waals surface area contributed by atoms with Crippen LogP contribution in [0.25, 0.3) is 0 Å². The summed E-state index contributed by atoms with van der Waals surface area (Å²) in [6.45, 7) is 3.97. The van der Waals surface area contributed by atoms with E-state index in [1.165, 1.54) is 12.1 Å². The van der Waals surface area contributed by atoms with E-state index in [9.17, 15) is 4.39 Å². The summed E-state index contributed by atoms with van der Waals surface area (Å²) >= 11 is 0. The van der Waals surface area contributed by atoms with Crippen LogP contribution in [0.4, 0.5) is 10.1 Å². The summed E-state index contributed by atoms with van der Waals surface area (Å²) in [5.74, 6) is 1.12. The molecule has 3 nitrogen and oxygen atoms in total. The van der Waals surface area contributed by atoms with Gasteiger partial charge in [-0.3, -0.25) is 0 Å². The molecule has 2 rings (SSSR count). The lowest BCUT2D eigenvalue weighted by Gasteiger charge is -2.19. The standard InChI is InChI=1S/C17H20FNO2/c1-11-5-7-14(18)10-15(11)19-12(2)13-6-8-16(20-3)17(9-13)21-4/h5-10,12,19H,1-4H3. The van der Waals surface area contributed by atoms with Crippen molar-refractivity contribution in [2.45, 2.75) is 19.9 Å². The number of benzene rings is 2. The molecule has 0 saturated carbocycles. The molecule has 0 spiro atoms. The highest BCUT2D eigenvalue weighted by atomic mass is 19.1. The number of hydrogen-bond donors (Lipinski definition) is 1. The molecule has 0 fully saturated rings. The number of aryl methyl sites for hydroxylation is 1. The van der Waals surface area contributed by atoms with E-state index in [2.05, 4.69) is 5.32 Å². The van der Waals surface area contributed by atoms with Crippen molar-refractivity contribution in [3.8, 4) is 11.5 Å². The van der Waals surface area contributed by atoms with Gasteiger partial charge in [0.05, 0.1) is 14.2 Å². The van der Waals surface area contributed by atoms with Crippen LogP contribution in [0, 0.1) is 12.7 Å². The molecule has 2 aromatic rings. The fourth-order valence-electron chi connectivity index (χ4n) is 2.19. The lowest BCUT2D eigenvalue weighted by atomic mass is 10.1. The summed E-state index contributed by atoms with van der Waals surface area (Å²) in [5.41, 5.74) is 2.83. The molecule has 1 atom stereocenters. The first-order valence-corrected chi connectivity index (χ1v) is 6.79. The molecule has 0 amide bonds. The zero-order valence-corrected chi connectivity index (χ0v) is 12.7. The molecule has 0 saturated heterocycles. The van der Waals surface area contributed by atoms with Crippen molar-refractivity contribution in [3.63, 3.8) is 0 Å². The average molecular weight is 289 g/mol. The number of nitrogens with one attached hydrogen (secondary N) is 1. The van der Waals surface area contributed by atoms with Gasteiger partial charge in [0.1, 0.15) is 5.82 Å². The Morgan fingerprint density at radius 3 is 2.38 bits per heavy atom. The summed E-state index contributed by atoms with van der Waals surface area (Å²) in [4.78, 5) is 0. The maximum Gasteiger partial charge on any atom is 0.161 e. The molecule has 1 N–H and O–H groups in total. The van der Waals surface area contributed by atoms with Crippen LogP contribution in [0.1, 0.15) is 24.1 Å². The molecular formula is C17H20FNO2. The Hall–Kier alpha value is -2.23. The van der Waals surface area contributed by atoms with E-state index in [1.54, 1.807) is 20.3 Å². The minimum Gasteiger partial charge on any atom is -0.493 e. The second kappa shape index (κ2) is 6.48. The Bertz CT molecular complexity index is 628. The van der Waals surface area contributed by atoms with Crippen molar-refractivity contribution in [3.05, 3.63) is 53.3 Å². The highest BCUT2D eigenvalue weighted by molar-refractivity contribution is 5.53. The maximum atomic E-state index is 13.3. The third-order valence-corrected chi connectivity index (χ3v) is 3.48. The topological polar surface area (TPSA) is 30.5 Å². The molecule has 0 bridgehead atoms. The molecule has 0 radical (unpaired) electrons. The zero-order valence-electron chi connectivity index (χ0n) is 12.7. The second-order valence-electron chi connectivity index (χ2n) is 4.94. The SMILES string of the molecule is COc1ccc(C(C)Nc2cc(F)ccc2C)cc1OC. The third-order valence-electron chi connectivity index (χ3n) is 3.48. The van der Waals surface area contributed by atoms with Crippen LogP contribution < -0.4 is 14.8 Å². The minimum absolute atomic E-state index is 0.0188. The number of hydrogen-bond acceptors (Lipinski definition) is 3. The van der Waals surface area contributed by atoms with E-state index in [0.717, 1.165) is 16.8 Å². The third kappa shape index (κ3) is 3.45. The second-order valence-corrected chi connectivity index (χ2v) is 4.94. The van der Waals surface area contributed by atoms with Gasteiger partial charge in [-0.15, -0.1) is 0 Å². The molecule has 0 aliphatic carbocycles. The number of ether oxygens (including phenoxy) is 2. The Morgan fingerprint density at radius 2 is 1.71 bits per heavy atom. The van der Waals surface area contributed by atoms with Crippen molar-refractivity contribution >= 4 is 5.69 Å². The van der Waals surface area contributed by atoms with Crippen molar-refractivity contribution in [1.29, 1.82) is 0 Å². The summed E-state index contributed by atoms with van der Waals surface area (Å²) < 4.78 is 23.9. The zero-order chi connectivity index (χ0) is 15.4. The summed E-state index contributed by atoms with van der Waals surface area (Å²) in [5, 5.41) is 3.32. The van der Waals surface area contributed by atoms with E-state index in [-0.39, 0.29) is 11.9 Å². The van der Waals surface area contributed by atoms with E-state index >= 15 is 0 Å². The summed E-state index contributed by atoms with van der Waals surface area (Å²) in [6, 6.07) is 10.5. The Morgan fingerprint density at radius 1 is 1.00 bits per heavy atom. The van der Waals surface area contributed by atoms with Gasteiger partial charge >= 0.3 is 0 Å². The van der Waals surface area contributed by atoms with Crippen molar-refractivity contribution in [1.82, 2.24) is 0 Å². The highest BCUT2D eigenvalue weighted by Crippen LogP contribution is 2.31. The first-order chi connectivity index (χ1) is 10.0. The van der Waals surface area contributed by atoms with Gasteiger partial charge in [0.2, 0.25) is 0 Å². The summed E-state index contributed by atoms with van der Waals surface area (Å²) in [6.07, 6.45) is 0. The monoisotopic (exact) mass is 289 g/mol.